The molecule has 0 fully saturated rings. The third kappa shape index (κ3) is 42.1. The Hall–Kier alpha value is -2.06. The predicted molar refractivity (Wildman–Crippen MR) is 249 cm³/mol. The number of nitrogens with zero attached hydrogens (tertiary/aromatic N) is 1. The van der Waals surface area contributed by atoms with E-state index < -0.39 is 20.0 Å². The average molecular weight is 834 g/mol. The van der Waals surface area contributed by atoms with Crippen molar-refractivity contribution in [3.8, 4) is 0 Å². The molecule has 0 saturated carbocycles. The molecule has 0 spiro atoms. The number of allylic oxidation sites excluding steroid dienone is 11. The van der Waals surface area contributed by atoms with Crippen LogP contribution in [0.4, 0.5) is 0 Å². The van der Waals surface area contributed by atoms with E-state index in [-0.39, 0.29) is 19.1 Å². The quantitative estimate of drug-likeness (QED) is 0.0245. The molecule has 0 aliphatic heterocycles. The maximum absolute atomic E-state index is 12.8. The fourth-order valence-corrected chi connectivity index (χ4v) is 6.96. The molecule has 0 aromatic carbocycles. The highest BCUT2D eigenvalue weighted by molar-refractivity contribution is 7.47. The molecule has 0 aliphatic rings. The molecule has 8 nitrogen and oxygen atoms in total. The van der Waals surface area contributed by atoms with Crippen molar-refractivity contribution in [2.24, 2.45) is 0 Å². The minimum atomic E-state index is -4.34. The number of aliphatic hydroxyl groups is 1. The monoisotopic (exact) mass is 834 g/mol. The van der Waals surface area contributed by atoms with E-state index in [1.165, 1.54) is 96.3 Å². The molecule has 0 radical (unpaired) electrons. The van der Waals surface area contributed by atoms with Crippen molar-refractivity contribution in [2.45, 2.75) is 193 Å². The van der Waals surface area contributed by atoms with Crippen molar-refractivity contribution < 1.29 is 32.9 Å². The number of quaternary nitrogens is 1. The first-order valence-electron chi connectivity index (χ1n) is 23.3. The Labute approximate surface area is 357 Å². The van der Waals surface area contributed by atoms with Gasteiger partial charge in [0.2, 0.25) is 5.91 Å². The standard InChI is InChI=1S/C49H89N2O6P/c1-6-8-10-12-14-16-17-18-19-20-21-22-23-24-25-26-27-28-29-30-31-32-33-35-37-39-41-43-49(53)50-47(46-57-58(54,55)56-45-44-51(3,4)5)48(52)42-40-38-36-34-15-13-11-9-7-2/h8,10,14-16,18-19,21-22,34,40,42,47-48,52H,6-7,9,11-13,17,20,23-33,35-39,41,43-46H2,1-5H3,(H-,50,53,54,55)/p+1/b10-8-,16-14-,19-18-,22-21-,34-15+,42-40+. The maximum Gasteiger partial charge on any atom is 0.472 e. The number of nitrogens with one attached hydrogen (secondary N) is 1. The fraction of sp³-hybridized carbons (Fsp3) is 0.735. The molecule has 0 rings (SSSR count). The highest BCUT2D eigenvalue weighted by atomic mass is 31.2. The van der Waals surface area contributed by atoms with Gasteiger partial charge < -0.3 is 19.8 Å². The van der Waals surface area contributed by atoms with Crippen molar-refractivity contribution in [2.75, 3.05) is 40.9 Å². The minimum absolute atomic E-state index is 0.0533. The molecule has 0 aromatic heterocycles. The Morgan fingerprint density at radius 3 is 1.59 bits per heavy atom. The highest BCUT2D eigenvalue weighted by Gasteiger charge is 2.27. The fourth-order valence-electron chi connectivity index (χ4n) is 6.22. The number of phosphoric ester groups is 1. The lowest BCUT2D eigenvalue weighted by molar-refractivity contribution is -0.870. The van der Waals surface area contributed by atoms with Crippen molar-refractivity contribution in [3.05, 3.63) is 72.9 Å². The van der Waals surface area contributed by atoms with Crippen LogP contribution in [-0.2, 0) is 18.4 Å². The first-order chi connectivity index (χ1) is 28.0. The van der Waals surface area contributed by atoms with Gasteiger partial charge in [0.1, 0.15) is 13.2 Å². The van der Waals surface area contributed by atoms with Crippen LogP contribution < -0.4 is 5.32 Å². The third-order valence-electron chi connectivity index (χ3n) is 9.91. The molecule has 3 unspecified atom stereocenters. The number of aliphatic hydroxyl groups excluding tert-OH is 1. The smallest absolute Gasteiger partial charge is 0.387 e. The van der Waals surface area contributed by atoms with E-state index >= 15 is 0 Å². The zero-order chi connectivity index (χ0) is 42.8. The molecule has 0 heterocycles. The van der Waals surface area contributed by atoms with Crippen LogP contribution in [0, 0.1) is 0 Å². The molecule has 9 heteroatoms. The molecule has 1 amide bonds. The molecule has 3 atom stereocenters. The van der Waals surface area contributed by atoms with Crippen LogP contribution in [0.1, 0.15) is 181 Å². The summed E-state index contributed by atoms with van der Waals surface area (Å²) in [7, 11) is 1.54. The van der Waals surface area contributed by atoms with Crippen LogP contribution in [0.3, 0.4) is 0 Å². The Balaban J connectivity index is 4.14. The van der Waals surface area contributed by atoms with Gasteiger partial charge in [0.05, 0.1) is 39.9 Å². The maximum atomic E-state index is 12.8. The molecule has 58 heavy (non-hydrogen) atoms. The summed E-state index contributed by atoms with van der Waals surface area (Å²) >= 11 is 0. The van der Waals surface area contributed by atoms with E-state index in [4.69, 9.17) is 9.05 Å². The van der Waals surface area contributed by atoms with Gasteiger partial charge >= 0.3 is 7.82 Å². The molecule has 0 bridgehead atoms. The zero-order valence-electron chi connectivity index (χ0n) is 38.0. The number of amides is 1. The van der Waals surface area contributed by atoms with E-state index in [2.05, 4.69) is 79.9 Å². The summed E-state index contributed by atoms with van der Waals surface area (Å²) in [6.07, 6.45) is 54.3. The molecule has 0 aliphatic carbocycles. The van der Waals surface area contributed by atoms with Crippen LogP contribution in [0.15, 0.2) is 72.9 Å². The second kappa shape index (κ2) is 40.4. The van der Waals surface area contributed by atoms with Gasteiger partial charge in [0.15, 0.2) is 0 Å². The van der Waals surface area contributed by atoms with Gasteiger partial charge in [0.25, 0.3) is 0 Å². The van der Waals surface area contributed by atoms with Gasteiger partial charge in [-0.2, -0.15) is 0 Å². The van der Waals surface area contributed by atoms with E-state index in [9.17, 15) is 19.4 Å². The van der Waals surface area contributed by atoms with Gasteiger partial charge in [-0.3, -0.25) is 13.8 Å². The number of likely N-dealkylation sites (N-methyl/N-ethyl adjacent to an activating group) is 1. The van der Waals surface area contributed by atoms with Gasteiger partial charge in [-0.05, 0) is 70.6 Å². The SMILES string of the molecule is CC/C=C\C/C=C\C/C=C\C/C=C\CCCCCCCCCCCCCCCCC(=O)NC(COP(=O)(O)OCC[N+](C)(C)C)C(O)/C=C/CC/C=C/CCCCC. The van der Waals surface area contributed by atoms with Crippen molar-refractivity contribution in [1.82, 2.24) is 5.32 Å². The van der Waals surface area contributed by atoms with Crippen molar-refractivity contribution >= 4 is 13.7 Å². The predicted octanol–water partition coefficient (Wildman–Crippen LogP) is 13.2. The molecule has 0 saturated heterocycles. The van der Waals surface area contributed by atoms with Crippen LogP contribution in [0.5, 0.6) is 0 Å². The third-order valence-corrected chi connectivity index (χ3v) is 10.9. The Morgan fingerprint density at radius 2 is 1.05 bits per heavy atom. The zero-order valence-corrected chi connectivity index (χ0v) is 38.9. The van der Waals surface area contributed by atoms with Crippen molar-refractivity contribution in [3.63, 3.8) is 0 Å². The summed E-state index contributed by atoms with van der Waals surface area (Å²) < 4.78 is 23.5. The lowest BCUT2D eigenvalue weighted by Crippen LogP contribution is -2.45. The second-order valence-electron chi connectivity index (χ2n) is 16.7. The summed E-state index contributed by atoms with van der Waals surface area (Å²) in [4.78, 5) is 23.1. The van der Waals surface area contributed by atoms with Gasteiger partial charge in [0, 0.05) is 6.42 Å². The van der Waals surface area contributed by atoms with Crippen LogP contribution in [0.25, 0.3) is 0 Å². The van der Waals surface area contributed by atoms with Crippen LogP contribution in [-0.4, -0.2) is 73.4 Å². The first kappa shape index (κ1) is 55.9. The summed E-state index contributed by atoms with van der Waals surface area (Å²) in [5.74, 6) is -0.194. The van der Waals surface area contributed by atoms with Crippen molar-refractivity contribution in [1.29, 1.82) is 0 Å². The van der Waals surface area contributed by atoms with E-state index in [1.807, 2.05) is 27.2 Å². The lowest BCUT2D eigenvalue weighted by Gasteiger charge is -2.25. The number of phosphoric acid groups is 1. The lowest BCUT2D eigenvalue weighted by atomic mass is 10.0. The van der Waals surface area contributed by atoms with Gasteiger partial charge in [-0.1, -0.05) is 177 Å². The van der Waals surface area contributed by atoms with Crippen LogP contribution >= 0.6 is 7.82 Å². The number of hydrogen-bond acceptors (Lipinski definition) is 5. The Kier molecular flexibility index (Phi) is 38.9. The molecule has 3 N–H and O–H groups in total. The Morgan fingerprint density at radius 1 is 0.603 bits per heavy atom. The Bertz CT molecular complexity index is 1170. The second-order valence-corrected chi connectivity index (χ2v) is 18.2. The molecule has 0 aromatic rings. The minimum Gasteiger partial charge on any atom is -0.387 e. The summed E-state index contributed by atoms with van der Waals surface area (Å²) in [6.45, 7) is 4.61. The summed E-state index contributed by atoms with van der Waals surface area (Å²) in [5.41, 5.74) is 0. The van der Waals surface area contributed by atoms with E-state index in [0.29, 0.717) is 17.4 Å². The van der Waals surface area contributed by atoms with Gasteiger partial charge in [-0.25, -0.2) is 4.57 Å². The summed E-state index contributed by atoms with van der Waals surface area (Å²) in [6, 6.07) is -0.864. The number of hydrogen-bond donors (Lipinski definition) is 3. The number of rotatable bonds is 41. The molecular weight excluding hydrogens is 744 g/mol. The number of carbonyl (C=O) groups excluding carboxylic acids is 1. The van der Waals surface area contributed by atoms with Crippen LogP contribution in [0.2, 0.25) is 0 Å². The molecule has 336 valence electrons. The number of unbranched alkanes of at least 4 members (excludes halogenated alkanes) is 18. The van der Waals surface area contributed by atoms with E-state index in [0.717, 1.165) is 64.2 Å². The topological polar surface area (TPSA) is 105 Å². The molecular formula is C49H90N2O6P+. The van der Waals surface area contributed by atoms with E-state index in [1.54, 1.807) is 6.08 Å². The first-order valence-corrected chi connectivity index (χ1v) is 24.8. The highest BCUT2D eigenvalue weighted by Crippen LogP contribution is 2.43. The number of carbonyl (C=O) groups is 1. The average Bonchev–Trinajstić information content (AvgIpc) is 3.17. The summed E-state index contributed by atoms with van der Waals surface area (Å²) in [5, 5.41) is 13.7. The normalized spacial score (nSPS) is 14.9. The largest absolute Gasteiger partial charge is 0.472 e. The van der Waals surface area contributed by atoms with Gasteiger partial charge in [-0.15, -0.1) is 0 Å².